The van der Waals surface area contributed by atoms with Crippen molar-refractivity contribution in [3.63, 3.8) is 0 Å². The summed E-state index contributed by atoms with van der Waals surface area (Å²) in [4.78, 5) is 12.1. The van der Waals surface area contributed by atoms with Gasteiger partial charge in [0, 0.05) is 18.7 Å². The third-order valence-electron chi connectivity index (χ3n) is 3.60. The summed E-state index contributed by atoms with van der Waals surface area (Å²) in [5.74, 6) is 0.00565. The van der Waals surface area contributed by atoms with Crippen LogP contribution in [0.15, 0.2) is 12.1 Å². The van der Waals surface area contributed by atoms with E-state index in [1.54, 1.807) is 0 Å². The van der Waals surface area contributed by atoms with Gasteiger partial charge in [-0.15, -0.1) is 0 Å². The number of carbonyl (C=O) groups excluding carboxylic acids is 1. The molecule has 1 aromatic carbocycles. The fourth-order valence-electron chi connectivity index (χ4n) is 2.31. The highest BCUT2D eigenvalue weighted by Gasteiger charge is 2.17. The Hall–Kier alpha value is -1.35. The molecule has 0 spiro atoms. The van der Waals surface area contributed by atoms with E-state index in [2.05, 4.69) is 18.3 Å². The maximum absolute atomic E-state index is 12.1. The Balaban J connectivity index is 2.01. The van der Waals surface area contributed by atoms with Gasteiger partial charge in [-0.05, 0) is 56.4 Å². The fraction of sp³-hybridized carbons (Fsp3) is 0.533. The minimum Gasteiger partial charge on any atom is -0.376 e. The van der Waals surface area contributed by atoms with Crippen LogP contribution >= 0.6 is 0 Å². The van der Waals surface area contributed by atoms with E-state index < -0.39 is 0 Å². The molecule has 3 nitrogen and oxygen atoms in total. The Labute approximate surface area is 109 Å². The standard InChI is InChI=1S/C15H21NO2/c1-10-7-12(3)14(8-11(10)2)15(17)16-9-13-5-4-6-18-13/h7-8,13H,4-6,9H2,1-3H3,(H,16,17)/t13-/m1/s1. The second kappa shape index (κ2) is 5.53. The number of carbonyl (C=O) groups is 1. The maximum Gasteiger partial charge on any atom is 0.251 e. The molecular weight excluding hydrogens is 226 g/mol. The number of amides is 1. The van der Waals surface area contributed by atoms with Crippen molar-refractivity contribution in [3.8, 4) is 0 Å². The summed E-state index contributed by atoms with van der Waals surface area (Å²) in [6.45, 7) is 7.52. The number of aryl methyl sites for hydroxylation is 3. The first-order valence-corrected chi connectivity index (χ1v) is 6.55. The lowest BCUT2D eigenvalue weighted by atomic mass is 10.0. The molecule has 0 unspecified atom stereocenters. The van der Waals surface area contributed by atoms with Gasteiger partial charge in [0.15, 0.2) is 0 Å². The van der Waals surface area contributed by atoms with E-state index in [0.717, 1.165) is 36.1 Å². The molecule has 1 aliphatic rings. The summed E-state index contributed by atoms with van der Waals surface area (Å²) in [6, 6.07) is 4.03. The van der Waals surface area contributed by atoms with Crippen LogP contribution in [0.25, 0.3) is 0 Å². The van der Waals surface area contributed by atoms with E-state index in [0.29, 0.717) is 6.54 Å². The number of rotatable bonds is 3. The van der Waals surface area contributed by atoms with Gasteiger partial charge < -0.3 is 10.1 Å². The highest BCUT2D eigenvalue weighted by molar-refractivity contribution is 5.95. The second-order valence-corrected chi connectivity index (χ2v) is 5.10. The smallest absolute Gasteiger partial charge is 0.251 e. The van der Waals surface area contributed by atoms with E-state index in [1.807, 2.05) is 19.9 Å². The van der Waals surface area contributed by atoms with Crippen molar-refractivity contribution in [1.82, 2.24) is 5.32 Å². The number of hydrogen-bond donors (Lipinski definition) is 1. The van der Waals surface area contributed by atoms with Crippen LogP contribution < -0.4 is 5.32 Å². The quantitative estimate of drug-likeness (QED) is 0.891. The van der Waals surface area contributed by atoms with Crippen LogP contribution in [-0.2, 0) is 4.74 Å². The van der Waals surface area contributed by atoms with E-state index in [4.69, 9.17) is 4.74 Å². The summed E-state index contributed by atoms with van der Waals surface area (Å²) in [7, 11) is 0. The molecule has 1 saturated heterocycles. The molecule has 0 bridgehead atoms. The molecule has 1 aromatic rings. The molecule has 1 N–H and O–H groups in total. The largest absolute Gasteiger partial charge is 0.376 e. The summed E-state index contributed by atoms with van der Waals surface area (Å²) in [5, 5.41) is 2.96. The Morgan fingerprint density at radius 2 is 2.00 bits per heavy atom. The molecule has 18 heavy (non-hydrogen) atoms. The first-order valence-electron chi connectivity index (χ1n) is 6.55. The predicted octanol–water partition coefficient (Wildman–Crippen LogP) is 2.52. The molecule has 98 valence electrons. The topological polar surface area (TPSA) is 38.3 Å². The van der Waals surface area contributed by atoms with Gasteiger partial charge in [0.05, 0.1) is 6.10 Å². The Morgan fingerprint density at radius 3 is 2.67 bits per heavy atom. The zero-order valence-corrected chi connectivity index (χ0v) is 11.4. The molecule has 2 rings (SSSR count). The first-order chi connectivity index (χ1) is 8.58. The summed E-state index contributed by atoms with van der Waals surface area (Å²) >= 11 is 0. The lowest BCUT2D eigenvalue weighted by Gasteiger charge is -2.13. The molecule has 0 radical (unpaired) electrons. The van der Waals surface area contributed by atoms with E-state index in [1.165, 1.54) is 5.56 Å². The van der Waals surface area contributed by atoms with Crippen molar-refractivity contribution < 1.29 is 9.53 Å². The summed E-state index contributed by atoms with van der Waals surface area (Å²) in [6.07, 6.45) is 2.34. The number of ether oxygens (including phenoxy) is 1. The van der Waals surface area contributed by atoms with Crippen LogP contribution in [0.5, 0.6) is 0 Å². The van der Waals surface area contributed by atoms with E-state index in [9.17, 15) is 4.79 Å². The fourth-order valence-corrected chi connectivity index (χ4v) is 2.31. The Morgan fingerprint density at radius 1 is 1.28 bits per heavy atom. The number of nitrogens with one attached hydrogen (secondary N) is 1. The Bertz CT molecular complexity index is 448. The number of benzene rings is 1. The van der Waals surface area contributed by atoms with Crippen molar-refractivity contribution in [2.24, 2.45) is 0 Å². The molecule has 1 atom stereocenters. The third kappa shape index (κ3) is 2.91. The average Bonchev–Trinajstić information content (AvgIpc) is 2.84. The van der Waals surface area contributed by atoms with Crippen LogP contribution in [0.4, 0.5) is 0 Å². The van der Waals surface area contributed by atoms with Crippen molar-refractivity contribution in [3.05, 3.63) is 34.4 Å². The van der Waals surface area contributed by atoms with Gasteiger partial charge in [-0.3, -0.25) is 4.79 Å². The first kappa shape index (κ1) is 13.1. The van der Waals surface area contributed by atoms with Crippen LogP contribution in [0.3, 0.4) is 0 Å². The highest BCUT2D eigenvalue weighted by Crippen LogP contribution is 2.16. The average molecular weight is 247 g/mol. The molecule has 0 saturated carbocycles. The SMILES string of the molecule is Cc1cc(C)c(C(=O)NC[C@H]2CCCO2)cc1C. The minimum absolute atomic E-state index is 0.00565. The molecule has 1 fully saturated rings. The van der Waals surface area contributed by atoms with Crippen LogP contribution in [-0.4, -0.2) is 25.2 Å². The van der Waals surface area contributed by atoms with Gasteiger partial charge in [0.1, 0.15) is 0 Å². The molecule has 0 aromatic heterocycles. The lowest BCUT2D eigenvalue weighted by molar-refractivity contribution is 0.0857. The predicted molar refractivity (Wildman–Crippen MR) is 72.0 cm³/mol. The molecule has 1 amide bonds. The molecule has 1 aliphatic heterocycles. The van der Waals surface area contributed by atoms with Crippen molar-refractivity contribution >= 4 is 5.91 Å². The number of hydrogen-bond acceptors (Lipinski definition) is 2. The van der Waals surface area contributed by atoms with E-state index >= 15 is 0 Å². The van der Waals surface area contributed by atoms with E-state index in [-0.39, 0.29) is 12.0 Å². The maximum atomic E-state index is 12.1. The van der Waals surface area contributed by atoms with Crippen LogP contribution in [0.1, 0.15) is 39.9 Å². The van der Waals surface area contributed by atoms with Gasteiger partial charge in [-0.1, -0.05) is 6.07 Å². The van der Waals surface area contributed by atoms with Crippen LogP contribution in [0.2, 0.25) is 0 Å². The molecule has 3 heteroatoms. The zero-order valence-electron chi connectivity index (χ0n) is 11.4. The van der Waals surface area contributed by atoms with Crippen molar-refractivity contribution in [2.45, 2.75) is 39.7 Å². The Kier molecular flexibility index (Phi) is 4.02. The molecule has 0 aliphatic carbocycles. The van der Waals surface area contributed by atoms with Gasteiger partial charge in [-0.2, -0.15) is 0 Å². The van der Waals surface area contributed by atoms with Crippen molar-refractivity contribution in [2.75, 3.05) is 13.2 Å². The zero-order chi connectivity index (χ0) is 13.1. The van der Waals surface area contributed by atoms with Crippen molar-refractivity contribution in [1.29, 1.82) is 0 Å². The lowest BCUT2D eigenvalue weighted by Crippen LogP contribution is -2.32. The minimum atomic E-state index is 0.00565. The molecule has 1 heterocycles. The molecular formula is C15H21NO2. The summed E-state index contributed by atoms with van der Waals surface area (Å²) in [5.41, 5.74) is 4.19. The second-order valence-electron chi connectivity index (χ2n) is 5.10. The summed E-state index contributed by atoms with van der Waals surface area (Å²) < 4.78 is 5.50. The normalized spacial score (nSPS) is 18.9. The monoisotopic (exact) mass is 247 g/mol. The van der Waals surface area contributed by atoms with Crippen LogP contribution in [0, 0.1) is 20.8 Å². The highest BCUT2D eigenvalue weighted by atomic mass is 16.5. The van der Waals surface area contributed by atoms with Gasteiger partial charge in [0.25, 0.3) is 5.91 Å². The van der Waals surface area contributed by atoms with Gasteiger partial charge in [0.2, 0.25) is 0 Å². The third-order valence-corrected chi connectivity index (χ3v) is 3.60. The van der Waals surface area contributed by atoms with Gasteiger partial charge >= 0.3 is 0 Å². The van der Waals surface area contributed by atoms with Gasteiger partial charge in [-0.25, -0.2) is 0 Å².